The van der Waals surface area contributed by atoms with Crippen molar-refractivity contribution in [1.29, 1.82) is 0 Å². The van der Waals surface area contributed by atoms with Crippen molar-refractivity contribution in [2.24, 2.45) is 5.92 Å². The van der Waals surface area contributed by atoms with Crippen LogP contribution in [0.5, 0.6) is 0 Å². The van der Waals surface area contributed by atoms with E-state index < -0.39 is 0 Å². The Balaban J connectivity index is 1.90. The molecule has 0 saturated heterocycles. The lowest BCUT2D eigenvalue weighted by Crippen LogP contribution is -2.14. The molecule has 5 rings (SSSR count). The molecule has 1 unspecified atom stereocenters. The highest BCUT2D eigenvalue weighted by atomic mass is 15.1. The molecule has 0 fully saturated rings. The summed E-state index contributed by atoms with van der Waals surface area (Å²) in [6.07, 6.45) is 9.70. The van der Waals surface area contributed by atoms with E-state index in [1.807, 2.05) is 0 Å². The van der Waals surface area contributed by atoms with Gasteiger partial charge in [-0.3, -0.25) is 0 Å². The highest BCUT2D eigenvalue weighted by molar-refractivity contribution is 5.68. The first-order valence-electron chi connectivity index (χ1n) is 5.40. The van der Waals surface area contributed by atoms with E-state index in [0.717, 1.165) is 0 Å². The zero-order valence-electron chi connectivity index (χ0n) is 8.38. The maximum absolute atomic E-state index is 2.45. The first-order valence-corrected chi connectivity index (χ1v) is 5.40. The maximum atomic E-state index is 2.45. The summed E-state index contributed by atoms with van der Waals surface area (Å²) in [5.41, 5.74) is 7.91. The molecule has 1 nitrogen and oxygen atoms in total. The van der Waals surface area contributed by atoms with Gasteiger partial charge in [0.15, 0.2) is 0 Å². The number of hydrogen-bond donors (Lipinski definition) is 0. The van der Waals surface area contributed by atoms with Crippen LogP contribution in [0.2, 0.25) is 0 Å². The van der Waals surface area contributed by atoms with Gasteiger partial charge in [-0.2, -0.15) is 0 Å². The van der Waals surface area contributed by atoms with Crippen molar-refractivity contribution in [2.45, 2.75) is 12.8 Å². The molecular formula is C13H13N. The Hall–Kier alpha value is -1.24. The van der Waals surface area contributed by atoms with Gasteiger partial charge in [0, 0.05) is 31.6 Å². The van der Waals surface area contributed by atoms with E-state index in [0.29, 0.717) is 5.92 Å². The van der Waals surface area contributed by atoms with Crippen LogP contribution in [0, 0.1) is 5.92 Å². The molecule has 5 aliphatic rings. The van der Waals surface area contributed by atoms with Crippen LogP contribution in [0.1, 0.15) is 12.8 Å². The first kappa shape index (κ1) is 7.10. The van der Waals surface area contributed by atoms with Crippen LogP contribution in [0.25, 0.3) is 0 Å². The van der Waals surface area contributed by atoms with Crippen LogP contribution in [0.15, 0.2) is 46.2 Å². The lowest BCUT2D eigenvalue weighted by atomic mass is 9.84. The van der Waals surface area contributed by atoms with Crippen molar-refractivity contribution in [3.63, 3.8) is 0 Å². The van der Waals surface area contributed by atoms with Crippen molar-refractivity contribution >= 4 is 0 Å². The fourth-order valence-electron chi connectivity index (χ4n) is 3.11. The molecule has 0 spiro atoms. The van der Waals surface area contributed by atoms with E-state index in [1.54, 1.807) is 22.4 Å². The smallest absolute Gasteiger partial charge is 0.0250 e. The van der Waals surface area contributed by atoms with Gasteiger partial charge < -0.3 is 4.90 Å². The number of nitrogens with zero attached hydrogens (tertiary/aromatic N) is 1. The SMILES string of the molecule is CN1CCC2=C1CC1=CC3=CC1C3=C2. The predicted molar refractivity (Wildman–Crippen MR) is 56.6 cm³/mol. The Kier molecular flexibility index (Phi) is 1.04. The number of hydrogen-bond acceptors (Lipinski definition) is 1. The zero-order valence-corrected chi connectivity index (χ0v) is 8.38. The Morgan fingerprint density at radius 2 is 2.29 bits per heavy atom. The third-order valence-corrected chi connectivity index (χ3v) is 4.00. The molecule has 0 saturated carbocycles. The molecular weight excluding hydrogens is 170 g/mol. The summed E-state index contributed by atoms with van der Waals surface area (Å²) in [6.45, 7) is 1.21. The quantitative estimate of drug-likeness (QED) is 0.557. The molecule has 0 aromatic heterocycles. The summed E-state index contributed by atoms with van der Waals surface area (Å²) in [4.78, 5) is 2.43. The van der Waals surface area contributed by atoms with E-state index in [2.05, 4.69) is 30.2 Å². The van der Waals surface area contributed by atoms with Gasteiger partial charge in [0.25, 0.3) is 0 Å². The molecule has 0 radical (unpaired) electrons. The van der Waals surface area contributed by atoms with Crippen molar-refractivity contribution in [1.82, 2.24) is 4.90 Å². The minimum atomic E-state index is 0.698. The minimum Gasteiger partial charge on any atom is -0.377 e. The predicted octanol–water partition coefficient (Wildman–Crippen LogP) is 2.40. The molecule has 1 atom stereocenters. The fraction of sp³-hybridized carbons (Fsp3) is 0.385. The van der Waals surface area contributed by atoms with E-state index in [4.69, 9.17) is 0 Å². The largest absolute Gasteiger partial charge is 0.377 e. The van der Waals surface area contributed by atoms with Gasteiger partial charge in [-0.05, 0) is 23.1 Å². The highest BCUT2D eigenvalue weighted by Crippen LogP contribution is 2.52. The number of allylic oxidation sites excluding steroid dienone is 6. The van der Waals surface area contributed by atoms with Crippen LogP contribution in [0.4, 0.5) is 0 Å². The second-order valence-electron chi connectivity index (χ2n) is 4.74. The fourth-order valence-corrected chi connectivity index (χ4v) is 3.11. The van der Waals surface area contributed by atoms with Gasteiger partial charge in [-0.1, -0.05) is 23.8 Å². The van der Waals surface area contributed by atoms with Gasteiger partial charge in [-0.25, -0.2) is 0 Å². The van der Waals surface area contributed by atoms with E-state index in [1.165, 1.54) is 25.0 Å². The third kappa shape index (κ3) is 0.648. The Morgan fingerprint density at radius 3 is 3.21 bits per heavy atom. The topological polar surface area (TPSA) is 3.24 Å². The van der Waals surface area contributed by atoms with Crippen molar-refractivity contribution in [3.8, 4) is 0 Å². The Morgan fingerprint density at radius 1 is 1.36 bits per heavy atom. The molecule has 4 aliphatic carbocycles. The van der Waals surface area contributed by atoms with E-state index in [-0.39, 0.29) is 0 Å². The highest BCUT2D eigenvalue weighted by Gasteiger charge is 2.38. The third-order valence-electron chi connectivity index (χ3n) is 4.00. The summed E-state index contributed by atoms with van der Waals surface area (Å²) in [5.74, 6) is 0.698. The minimum absolute atomic E-state index is 0.698. The summed E-state index contributed by atoms with van der Waals surface area (Å²) in [5, 5.41) is 0. The summed E-state index contributed by atoms with van der Waals surface area (Å²) in [6, 6.07) is 0. The molecule has 1 heteroatoms. The lowest BCUT2D eigenvalue weighted by Gasteiger charge is -2.21. The van der Waals surface area contributed by atoms with Crippen LogP contribution in [-0.2, 0) is 0 Å². The number of rotatable bonds is 0. The first-order chi connectivity index (χ1) is 6.83. The molecule has 14 heavy (non-hydrogen) atoms. The Labute approximate surface area is 84.1 Å². The van der Waals surface area contributed by atoms with Crippen molar-refractivity contribution in [2.75, 3.05) is 13.6 Å². The molecule has 70 valence electrons. The second kappa shape index (κ2) is 2.05. The van der Waals surface area contributed by atoms with Crippen LogP contribution >= 0.6 is 0 Å². The summed E-state index contributed by atoms with van der Waals surface area (Å²) in [7, 11) is 2.22. The lowest BCUT2D eigenvalue weighted by molar-refractivity contribution is 0.447. The molecule has 0 aromatic rings. The average Bonchev–Trinajstić information content (AvgIpc) is 2.75. The standard InChI is InChI=1S/C13H13N/c1-14-3-2-8-5-11-9-4-10(7-13(8)14)12(11)6-9/h4-6,12H,2-3,7H2,1H3. The van der Waals surface area contributed by atoms with E-state index in [9.17, 15) is 0 Å². The zero-order chi connectivity index (χ0) is 9.28. The van der Waals surface area contributed by atoms with Crippen LogP contribution < -0.4 is 0 Å². The van der Waals surface area contributed by atoms with Crippen LogP contribution in [0.3, 0.4) is 0 Å². The van der Waals surface area contributed by atoms with Gasteiger partial charge in [-0.15, -0.1) is 0 Å². The van der Waals surface area contributed by atoms with Crippen molar-refractivity contribution in [3.05, 3.63) is 46.2 Å². The second-order valence-corrected chi connectivity index (χ2v) is 4.74. The molecule has 4 bridgehead atoms. The van der Waals surface area contributed by atoms with Gasteiger partial charge in [0.2, 0.25) is 0 Å². The van der Waals surface area contributed by atoms with Gasteiger partial charge in [0.1, 0.15) is 0 Å². The van der Waals surface area contributed by atoms with Crippen molar-refractivity contribution < 1.29 is 0 Å². The molecule has 0 amide bonds. The van der Waals surface area contributed by atoms with E-state index >= 15 is 0 Å². The van der Waals surface area contributed by atoms with Crippen LogP contribution in [-0.4, -0.2) is 18.5 Å². The van der Waals surface area contributed by atoms with Gasteiger partial charge in [0.05, 0.1) is 0 Å². The Bertz CT molecular complexity index is 460. The molecule has 0 N–H and O–H groups in total. The van der Waals surface area contributed by atoms with Gasteiger partial charge >= 0.3 is 0 Å². The average molecular weight is 183 g/mol. The summed E-state index contributed by atoms with van der Waals surface area (Å²) >= 11 is 0. The molecule has 1 aliphatic heterocycles. The maximum Gasteiger partial charge on any atom is 0.0250 e. The molecule has 1 heterocycles. The summed E-state index contributed by atoms with van der Waals surface area (Å²) < 4.78 is 0. The monoisotopic (exact) mass is 183 g/mol. The molecule has 0 aromatic carbocycles. The normalized spacial score (nSPS) is 31.9.